The van der Waals surface area contributed by atoms with Gasteiger partial charge in [-0.15, -0.1) is 0 Å². The van der Waals surface area contributed by atoms with E-state index in [1.165, 1.54) is 13.8 Å². The SMILES string of the molecule is CC(=O)Nc1ccc(/C=C/c2cc[n+](CCCC(=O)NCCSSCCNC(=O)CCC[n+]3ccc(/C=C/c4ccc(NC(C)=O)cc4)cc3)cc2)cc1.[Cl-].[Cl-]. The number of aromatic nitrogens is 2. The van der Waals surface area contributed by atoms with Crippen LogP contribution in [0.25, 0.3) is 24.3 Å². The second-order valence-corrected chi connectivity index (χ2v) is 15.3. The van der Waals surface area contributed by atoms with Crippen molar-refractivity contribution in [1.82, 2.24) is 10.6 Å². The molecule has 4 rings (SSSR count). The first-order chi connectivity index (χ1) is 26.2. The molecule has 0 radical (unpaired) electrons. The number of carbonyl (C=O) groups excluding carboxylic acids is 4. The number of hydrogen-bond donors (Lipinski definition) is 4. The second kappa shape index (κ2) is 27.1. The number of anilines is 2. The Hall–Kier alpha value is -4.62. The molecule has 10 nitrogen and oxygen atoms in total. The van der Waals surface area contributed by atoms with Crippen LogP contribution in [0.2, 0.25) is 0 Å². The van der Waals surface area contributed by atoms with Gasteiger partial charge in [-0.2, -0.15) is 0 Å². The molecule has 0 aliphatic heterocycles. The van der Waals surface area contributed by atoms with E-state index in [1.54, 1.807) is 21.6 Å². The predicted octanol–water partition coefficient (Wildman–Crippen LogP) is 0.402. The lowest BCUT2D eigenvalue weighted by molar-refractivity contribution is -0.697. The largest absolute Gasteiger partial charge is 1.00 e. The molecular formula is C42H50Cl2N6O4S2. The van der Waals surface area contributed by atoms with Gasteiger partial charge in [0.15, 0.2) is 24.8 Å². The highest BCUT2D eigenvalue weighted by atomic mass is 35.5. The first-order valence-electron chi connectivity index (χ1n) is 18.1. The summed E-state index contributed by atoms with van der Waals surface area (Å²) in [6.45, 7) is 5.76. The number of aryl methyl sites for hydroxylation is 2. The van der Waals surface area contributed by atoms with Gasteiger partial charge in [-0.1, -0.05) is 70.2 Å². The van der Waals surface area contributed by atoms with Crippen LogP contribution >= 0.6 is 21.6 Å². The molecule has 2 aromatic heterocycles. The standard InChI is InChI=1S/C42H48N6O4S2.2ClH/c1-33(49)45-39-15-11-35(12-16-39)7-9-37-19-27-47(28-20-37)25-3-5-41(51)43-23-31-53-54-32-24-44-42(52)6-4-26-48-29-21-38(22-30-48)10-8-36-13-17-40(18-14-36)46-34(2)50;;/h7-22,27-30H,3-6,23-26,31-32H2,1-2H3,(H2,43,44,51,52);2*1H. The molecule has 0 bridgehead atoms. The molecule has 4 amide bonds. The topological polar surface area (TPSA) is 124 Å². The van der Waals surface area contributed by atoms with Gasteiger partial charge in [-0.3, -0.25) is 19.2 Å². The summed E-state index contributed by atoms with van der Waals surface area (Å²) in [5.41, 5.74) is 5.81. The van der Waals surface area contributed by atoms with Crippen molar-refractivity contribution in [1.29, 1.82) is 0 Å². The van der Waals surface area contributed by atoms with Crippen molar-refractivity contribution in [2.24, 2.45) is 0 Å². The normalized spacial score (nSPS) is 10.7. The number of pyridine rings is 2. The van der Waals surface area contributed by atoms with E-state index in [-0.39, 0.29) is 48.4 Å². The lowest BCUT2D eigenvalue weighted by Crippen LogP contribution is -3.00. The number of rotatable bonds is 21. The lowest BCUT2D eigenvalue weighted by Gasteiger charge is -2.06. The number of hydrogen-bond acceptors (Lipinski definition) is 6. The third kappa shape index (κ3) is 19.8. The van der Waals surface area contributed by atoms with Crippen LogP contribution in [0.4, 0.5) is 11.4 Å². The molecule has 0 fully saturated rings. The monoisotopic (exact) mass is 836 g/mol. The maximum Gasteiger partial charge on any atom is 0.221 e. The van der Waals surface area contributed by atoms with Crippen LogP contribution in [0.3, 0.4) is 0 Å². The van der Waals surface area contributed by atoms with Crippen molar-refractivity contribution < 1.29 is 53.1 Å². The number of nitrogens with one attached hydrogen (secondary N) is 4. The average molecular weight is 838 g/mol. The maximum atomic E-state index is 12.3. The second-order valence-electron chi connectivity index (χ2n) is 12.6. The van der Waals surface area contributed by atoms with E-state index < -0.39 is 0 Å². The van der Waals surface area contributed by atoms with Gasteiger partial charge in [0.25, 0.3) is 0 Å². The maximum absolute atomic E-state index is 12.3. The summed E-state index contributed by atoms with van der Waals surface area (Å²) < 4.78 is 4.16. The van der Waals surface area contributed by atoms with Gasteiger partial charge < -0.3 is 46.1 Å². The summed E-state index contributed by atoms with van der Waals surface area (Å²) in [6.07, 6.45) is 18.7. The minimum Gasteiger partial charge on any atom is -1.00 e. The van der Waals surface area contributed by atoms with Gasteiger partial charge in [-0.25, -0.2) is 9.13 Å². The van der Waals surface area contributed by atoms with E-state index in [0.717, 1.165) is 71.1 Å². The number of halogens is 2. The highest BCUT2D eigenvalue weighted by molar-refractivity contribution is 8.76. The summed E-state index contributed by atoms with van der Waals surface area (Å²) in [5.74, 6) is 1.57. The van der Waals surface area contributed by atoms with Crippen molar-refractivity contribution in [3.05, 3.63) is 120 Å². The van der Waals surface area contributed by atoms with E-state index in [2.05, 4.69) is 30.4 Å². The summed E-state index contributed by atoms with van der Waals surface area (Å²) in [5, 5.41) is 11.5. The van der Waals surface area contributed by atoms with Crippen LogP contribution in [-0.2, 0) is 32.3 Å². The van der Waals surface area contributed by atoms with E-state index in [1.807, 2.05) is 122 Å². The molecule has 0 unspecified atom stereocenters. The Kier molecular flexibility index (Phi) is 23.0. The molecule has 0 saturated carbocycles. The molecular weight excluding hydrogens is 788 g/mol. The lowest BCUT2D eigenvalue weighted by atomic mass is 10.1. The molecule has 0 atom stereocenters. The molecule has 0 saturated heterocycles. The van der Waals surface area contributed by atoms with Gasteiger partial charge in [-0.05, 0) is 46.5 Å². The third-order valence-electron chi connectivity index (χ3n) is 7.97. The smallest absolute Gasteiger partial charge is 0.221 e. The molecule has 2 aromatic carbocycles. The van der Waals surface area contributed by atoms with E-state index in [9.17, 15) is 19.2 Å². The Morgan fingerprint density at radius 3 is 1.16 bits per heavy atom. The molecule has 298 valence electrons. The zero-order valence-electron chi connectivity index (χ0n) is 31.7. The molecule has 14 heteroatoms. The minimum atomic E-state index is -0.0871. The Bertz CT molecular complexity index is 1720. The van der Waals surface area contributed by atoms with Gasteiger partial charge in [0.1, 0.15) is 13.1 Å². The Balaban J connectivity index is 0.00000541. The van der Waals surface area contributed by atoms with Crippen LogP contribution in [0.15, 0.2) is 97.6 Å². The summed E-state index contributed by atoms with van der Waals surface area (Å²) in [4.78, 5) is 46.9. The first-order valence-corrected chi connectivity index (χ1v) is 20.6. The van der Waals surface area contributed by atoms with E-state index in [0.29, 0.717) is 25.9 Å². The zero-order valence-corrected chi connectivity index (χ0v) is 34.9. The van der Waals surface area contributed by atoms with Gasteiger partial charge in [0, 0.05) is 99.8 Å². The predicted molar refractivity (Wildman–Crippen MR) is 222 cm³/mol. The van der Waals surface area contributed by atoms with Crippen molar-refractivity contribution >= 4 is 80.9 Å². The molecule has 4 N–H and O–H groups in total. The van der Waals surface area contributed by atoms with Crippen molar-refractivity contribution in [2.45, 2.75) is 52.6 Å². The number of amides is 4. The van der Waals surface area contributed by atoms with Crippen molar-refractivity contribution in [3.8, 4) is 0 Å². The fourth-order valence-corrected chi connectivity index (χ4v) is 7.02. The average Bonchev–Trinajstić information content (AvgIpc) is 3.16. The third-order valence-corrected chi connectivity index (χ3v) is 10.4. The minimum absolute atomic E-state index is 0. The Morgan fingerprint density at radius 1 is 0.518 bits per heavy atom. The van der Waals surface area contributed by atoms with Crippen LogP contribution < -0.4 is 55.2 Å². The Labute approximate surface area is 350 Å². The van der Waals surface area contributed by atoms with Gasteiger partial charge in [0.05, 0.1) is 0 Å². The number of nitrogens with zero attached hydrogens (tertiary/aromatic N) is 2. The summed E-state index contributed by atoms with van der Waals surface area (Å²) in [6, 6.07) is 23.5. The number of carbonyl (C=O) groups is 4. The zero-order chi connectivity index (χ0) is 38.4. The summed E-state index contributed by atoms with van der Waals surface area (Å²) in [7, 11) is 3.40. The fourth-order valence-electron chi connectivity index (χ4n) is 5.21. The molecule has 2 heterocycles. The van der Waals surface area contributed by atoms with Crippen LogP contribution in [0.5, 0.6) is 0 Å². The highest BCUT2D eigenvalue weighted by Crippen LogP contribution is 2.19. The van der Waals surface area contributed by atoms with Gasteiger partial charge in [0.2, 0.25) is 23.6 Å². The fraction of sp³-hybridized carbons (Fsp3) is 0.286. The number of benzene rings is 2. The molecule has 4 aromatic rings. The van der Waals surface area contributed by atoms with Crippen LogP contribution in [0.1, 0.15) is 61.8 Å². The quantitative estimate of drug-likeness (QED) is 0.0548. The van der Waals surface area contributed by atoms with Gasteiger partial charge >= 0.3 is 0 Å². The molecule has 0 spiro atoms. The molecule has 0 aliphatic rings. The highest BCUT2D eigenvalue weighted by Gasteiger charge is 2.07. The molecule has 0 aliphatic carbocycles. The van der Waals surface area contributed by atoms with Crippen LogP contribution in [-0.4, -0.2) is 48.2 Å². The summed E-state index contributed by atoms with van der Waals surface area (Å²) >= 11 is 0. The Morgan fingerprint density at radius 2 is 0.839 bits per heavy atom. The van der Waals surface area contributed by atoms with E-state index in [4.69, 9.17) is 0 Å². The molecule has 56 heavy (non-hydrogen) atoms. The first kappa shape index (κ1) is 47.5. The van der Waals surface area contributed by atoms with E-state index >= 15 is 0 Å². The van der Waals surface area contributed by atoms with Crippen molar-refractivity contribution in [3.63, 3.8) is 0 Å². The van der Waals surface area contributed by atoms with Crippen molar-refractivity contribution in [2.75, 3.05) is 35.2 Å². The van der Waals surface area contributed by atoms with Crippen LogP contribution in [0, 0.1) is 0 Å².